The molecule has 1 aliphatic rings. The number of alkyl halides is 3. The van der Waals surface area contributed by atoms with Crippen molar-refractivity contribution in [2.24, 2.45) is 0 Å². The highest BCUT2D eigenvalue weighted by Gasteiger charge is 2.30. The molecule has 1 fully saturated rings. The van der Waals surface area contributed by atoms with Gasteiger partial charge in [-0.1, -0.05) is 19.3 Å². The molecule has 0 bridgehead atoms. The second kappa shape index (κ2) is 4.98. The molecule has 0 amide bonds. The Morgan fingerprint density at radius 2 is 1.53 bits per heavy atom. The lowest BCUT2D eigenvalue weighted by molar-refractivity contribution is -0.137. The Bertz CT molecular complexity index is 350. The van der Waals surface area contributed by atoms with Crippen LogP contribution in [-0.4, -0.2) is 6.04 Å². The maximum Gasteiger partial charge on any atom is 0.416 e. The lowest BCUT2D eigenvalue weighted by Gasteiger charge is -2.24. The van der Waals surface area contributed by atoms with Crippen molar-refractivity contribution in [3.8, 4) is 0 Å². The Kier molecular flexibility index (Phi) is 3.60. The summed E-state index contributed by atoms with van der Waals surface area (Å²) in [5, 5.41) is 3.29. The molecule has 0 radical (unpaired) electrons. The quantitative estimate of drug-likeness (QED) is 0.809. The Labute approximate surface area is 99.0 Å². The molecule has 0 aromatic heterocycles. The van der Waals surface area contributed by atoms with E-state index in [1.165, 1.54) is 31.4 Å². The fraction of sp³-hybridized carbons (Fsp3) is 0.538. The minimum absolute atomic E-state index is 0.417. The second-order valence-corrected chi connectivity index (χ2v) is 4.55. The van der Waals surface area contributed by atoms with Crippen molar-refractivity contribution < 1.29 is 13.2 Å². The van der Waals surface area contributed by atoms with Crippen molar-refractivity contribution >= 4 is 5.69 Å². The van der Waals surface area contributed by atoms with Gasteiger partial charge in [-0.2, -0.15) is 13.2 Å². The summed E-state index contributed by atoms with van der Waals surface area (Å²) >= 11 is 0. The molecule has 0 atom stereocenters. The van der Waals surface area contributed by atoms with E-state index in [1.807, 2.05) is 0 Å². The van der Waals surface area contributed by atoms with Gasteiger partial charge >= 0.3 is 6.18 Å². The van der Waals surface area contributed by atoms with Gasteiger partial charge in [0, 0.05) is 11.7 Å². The van der Waals surface area contributed by atoms with Crippen LogP contribution >= 0.6 is 0 Å². The number of halogens is 3. The number of hydrogen-bond donors (Lipinski definition) is 1. The predicted molar refractivity (Wildman–Crippen MR) is 61.9 cm³/mol. The average Bonchev–Trinajstić information content (AvgIpc) is 2.30. The first kappa shape index (κ1) is 12.3. The summed E-state index contributed by atoms with van der Waals surface area (Å²) in [7, 11) is 0. The molecule has 0 aliphatic heterocycles. The third kappa shape index (κ3) is 3.38. The summed E-state index contributed by atoms with van der Waals surface area (Å²) in [4.78, 5) is 0. The van der Waals surface area contributed by atoms with E-state index in [2.05, 4.69) is 5.32 Å². The normalized spacial score (nSPS) is 18.1. The maximum absolute atomic E-state index is 12.4. The van der Waals surface area contributed by atoms with Gasteiger partial charge in [0.1, 0.15) is 0 Å². The topological polar surface area (TPSA) is 12.0 Å². The molecule has 1 saturated carbocycles. The van der Waals surface area contributed by atoms with Gasteiger partial charge in [-0.05, 0) is 37.1 Å². The first-order chi connectivity index (χ1) is 8.05. The molecule has 0 unspecified atom stereocenters. The van der Waals surface area contributed by atoms with Crippen LogP contribution < -0.4 is 5.32 Å². The Morgan fingerprint density at radius 1 is 0.941 bits per heavy atom. The highest BCUT2D eigenvalue weighted by atomic mass is 19.4. The number of rotatable bonds is 2. The molecule has 1 aliphatic carbocycles. The lowest BCUT2D eigenvalue weighted by Crippen LogP contribution is -2.22. The van der Waals surface area contributed by atoms with E-state index in [0.717, 1.165) is 30.7 Å². The van der Waals surface area contributed by atoms with E-state index < -0.39 is 11.7 Å². The molecule has 0 spiro atoms. The summed E-state index contributed by atoms with van der Waals surface area (Å²) < 4.78 is 37.1. The Balaban J connectivity index is 1.98. The van der Waals surface area contributed by atoms with Crippen LogP contribution in [0.2, 0.25) is 0 Å². The van der Waals surface area contributed by atoms with Gasteiger partial charge in [0.15, 0.2) is 0 Å². The lowest BCUT2D eigenvalue weighted by atomic mass is 9.95. The average molecular weight is 243 g/mol. The molecule has 2 rings (SSSR count). The molecule has 94 valence electrons. The number of benzene rings is 1. The van der Waals surface area contributed by atoms with Gasteiger partial charge < -0.3 is 5.32 Å². The van der Waals surface area contributed by atoms with E-state index in [-0.39, 0.29) is 0 Å². The van der Waals surface area contributed by atoms with E-state index >= 15 is 0 Å². The van der Waals surface area contributed by atoms with Crippen LogP contribution in [-0.2, 0) is 6.18 Å². The molecule has 1 nitrogen and oxygen atoms in total. The minimum Gasteiger partial charge on any atom is -0.382 e. The monoisotopic (exact) mass is 243 g/mol. The summed E-state index contributed by atoms with van der Waals surface area (Å²) in [6.45, 7) is 0. The van der Waals surface area contributed by atoms with Crippen molar-refractivity contribution in [1.29, 1.82) is 0 Å². The van der Waals surface area contributed by atoms with Crippen LogP contribution in [0.5, 0.6) is 0 Å². The molecule has 0 heterocycles. The van der Waals surface area contributed by atoms with Crippen molar-refractivity contribution in [3.63, 3.8) is 0 Å². The molecule has 17 heavy (non-hydrogen) atoms. The smallest absolute Gasteiger partial charge is 0.382 e. The first-order valence-corrected chi connectivity index (χ1v) is 5.99. The van der Waals surface area contributed by atoms with Crippen molar-refractivity contribution in [2.45, 2.75) is 44.3 Å². The molecule has 1 aromatic carbocycles. The van der Waals surface area contributed by atoms with Gasteiger partial charge in [-0.15, -0.1) is 0 Å². The minimum atomic E-state index is -4.25. The third-order valence-corrected chi connectivity index (χ3v) is 3.19. The van der Waals surface area contributed by atoms with Crippen molar-refractivity contribution in [2.75, 3.05) is 5.32 Å². The zero-order valence-corrected chi connectivity index (χ0v) is 9.56. The van der Waals surface area contributed by atoms with Gasteiger partial charge in [0.05, 0.1) is 5.56 Å². The molecule has 1 N–H and O–H groups in total. The summed E-state index contributed by atoms with van der Waals surface area (Å²) in [6.07, 6.45) is 1.66. The number of anilines is 1. The largest absolute Gasteiger partial charge is 0.416 e. The van der Waals surface area contributed by atoms with E-state index in [0.29, 0.717) is 6.04 Å². The maximum atomic E-state index is 12.4. The zero-order chi connectivity index (χ0) is 12.3. The fourth-order valence-corrected chi connectivity index (χ4v) is 2.24. The van der Waals surface area contributed by atoms with E-state index in [1.54, 1.807) is 0 Å². The summed E-state index contributed by atoms with van der Waals surface area (Å²) in [5.41, 5.74) is 0.191. The zero-order valence-electron chi connectivity index (χ0n) is 9.56. The van der Waals surface area contributed by atoms with Gasteiger partial charge in [0.25, 0.3) is 0 Å². The molecule has 4 heteroatoms. The first-order valence-electron chi connectivity index (χ1n) is 5.99. The van der Waals surface area contributed by atoms with Crippen LogP contribution in [0.4, 0.5) is 18.9 Å². The van der Waals surface area contributed by atoms with Gasteiger partial charge in [-0.3, -0.25) is 0 Å². The van der Waals surface area contributed by atoms with E-state index in [4.69, 9.17) is 0 Å². The number of hydrogen-bond acceptors (Lipinski definition) is 1. The van der Waals surface area contributed by atoms with Crippen molar-refractivity contribution in [1.82, 2.24) is 0 Å². The summed E-state index contributed by atoms with van der Waals surface area (Å²) in [5.74, 6) is 0. The second-order valence-electron chi connectivity index (χ2n) is 4.55. The Hall–Kier alpha value is -1.19. The van der Waals surface area contributed by atoms with Crippen LogP contribution in [0.1, 0.15) is 37.7 Å². The van der Waals surface area contributed by atoms with Crippen LogP contribution in [0.15, 0.2) is 24.3 Å². The molecule has 0 saturated heterocycles. The molecular weight excluding hydrogens is 227 g/mol. The molecular formula is C13H16F3N. The SMILES string of the molecule is FC(F)(F)c1ccc(NC2CCCCC2)cc1. The van der Waals surface area contributed by atoms with E-state index in [9.17, 15) is 13.2 Å². The van der Waals surface area contributed by atoms with Crippen LogP contribution in [0.25, 0.3) is 0 Å². The fourth-order valence-electron chi connectivity index (χ4n) is 2.24. The summed E-state index contributed by atoms with van der Waals surface area (Å²) in [6, 6.07) is 5.70. The van der Waals surface area contributed by atoms with Crippen LogP contribution in [0, 0.1) is 0 Å². The predicted octanol–water partition coefficient (Wildman–Crippen LogP) is 4.45. The third-order valence-electron chi connectivity index (χ3n) is 3.19. The Morgan fingerprint density at radius 3 is 2.06 bits per heavy atom. The highest BCUT2D eigenvalue weighted by Crippen LogP contribution is 2.30. The standard InChI is InChI=1S/C13H16F3N/c14-13(15,16)10-6-8-12(9-7-10)17-11-4-2-1-3-5-11/h6-9,11,17H,1-5H2. The van der Waals surface area contributed by atoms with Gasteiger partial charge in [0.2, 0.25) is 0 Å². The van der Waals surface area contributed by atoms with Crippen molar-refractivity contribution in [3.05, 3.63) is 29.8 Å². The molecule has 1 aromatic rings. The number of nitrogens with one attached hydrogen (secondary N) is 1. The van der Waals surface area contributed by atoms with Crippen LogP contribution in [0.3, 0.4) is 0 Å². The van der Waals surface area contributed by atoms with Gasteiger partial charge in [-0.25, -0.2) is 0 Å². The highest BCUT2D eigenvalue weighted by molar-refractivity contribution is 5.46.